The van der Waals surface area contributed by atoms with Gasteiger partial charge < -0.3 is 5.32 Å². The molecule has 0 unspecified atom stereocenters. The van der Waals surface area contributed by atoms with E-state index in [2.05, 4.69) is 10.3 Å². The molecule has 1 aliphatic heterocycles. The number of hydrogen-bond acceptors (Lipinski definition) is 3. The summed E-state index contributed by atoms with van der Waals surface area (Å²) in [7, 11) is 0. The van der Waals surface area contributed by atoms with Crippen LogP contribution in [0.1, 0.15) is 44.9 Å². The third-order valence-electron chi connectivity index (χ3n) is 5.64. The molecule has 4 bridgehead atoms. The van der Waals surface area contributed by atoms with Gasteiger partial charge in [0, 0.05) is 5.75 Å². The number of rotatable bonds is 1. The summed E-state index contributed by atoms with van der Waals surface area (Å²) in [4.78, 5) is 17.2. The number of amidine groups is 1. The van der Waals surface area contributed by atoms with Gasteiger partial charge in [0.2, 0.25) is 5.91 Å². The fourth-order valence-corrected chi connectivity index (χ4v) is 5.83. The Hall–Kier alpha value is -0.510. The molecule has 0 aromatic carbocycles. The monoisotopic (exact) mass is 278 g/mol. The van der Waals surface area contributed by atoms with Gasteiger partial charge in [-0.15, -0.1) is 0 Å². The Bertz CT molecular complexity index is 418. The van der Waals surface area contributed by atoms with E-state index in [4.69, 9.17) is 0 Å². The number of aliphatic imine (C=N–C) groups is 1. The Balaban J connectivity index is 1.56. The highest BCUT2D eigenvalue weighted by Crippen LogP contribution is 2.57. The molecule has 4 fully saturated rings. The lowest BCUT2D eigenvalue weighted by Crippen LogP contribution is -2.49. The van der Waals surface area contributed by atoms with Crippen LogP contribution in [0.5, 0.6) is 0 Å². The first-order chi connectivity index (χ1) is 9.23. The van der Waals surface area contributed by atoms with E-state index < -0.39 is 0 Å². The summed E-state index contributed by atoms with van der Waals surface area (Å²) in [6, 6.07) is 0. The van der Waals surface area contributed by atoms with E-state index in [0.717, 1.165) is 54.5 Å². The van der Waals surface area contributed by atoms with E-state index >= 15 is 0 Å². The summed E-state index contributed by atoms with van der Waals surface area (Å²) >= 11 is 1.70. The van der Waals surface area contributed by atoms with Gasteiger partial charge in [0.15, 0.2) is 5.17 Å². The molecule has 4 heteroatoms. The van der Waals surface area contributed by atoms with Crippen molar-refractivity contribution in [2.75, 3.05) is 12.3 Å². The van der Waals surface area contributed by atoms with E-state index in [1.165, 1.54) is 25.7 Å². The zero-order valence-corrected chi connectivity index (χ0v) is 12.2. The van der Waals surface area contributed by atoms with Gasteiger partial charge in [-0.1, -0.05) is 24.6 Å². The van der Waals surface area contributed by atoms with Gasteiger partial charge in [-0.05, 0) is 49.9 Å². The summed E-state index contributed by atoms with van der Waals surface area (Å²) in [5, 5.41) is 4.01. The second-order valence-corrected chi connectivity index (χ2v) is 8.11. The normalized spacial score (nSPS) is 44.0. The average molecular weight is 278 g/mol. The van der Waals surface area contributed by atoms with Crippen LogP contribution in [0, 0.1) is 23.2 Å². The standard InChI is InChI=1S/C15H22N2OS/c18-13(17-14-16-3-4-19-14)15-7-10-1-2-11(8-15)6-12(5-10)9-15/h10-12H,1-9H2,(H,16,17,18)/t10-,11-,12?,15?/m0/s1. The molecule has 5 rings (SSSR count). The van der Waals surface area contributed by atoms with Crippen LogP contribution < -0.4 is 5.32 Å². The molecule has 3 nitrogen and oxygen atoms in total. The van der Waals surface area contributed by atoms with E-state index in [9.17, 15) is 4.79 Å². The molecule has 0 aromatic rings. The Morgan fingerprint density at radius 3 is 2.47 bits per heavy atom. The fraction of sp³-hybridized carbons (Fsp3) is 0.867. The number of thioether (sulfide) groups is 1. The number of amides is 1. The van der Waals surface area contributed by atoms with Crippen LogP contribution in [-0.4, -0.2) is 23.4 Å². The average Bonchev–Trinajstić information content (AvgIpc) is 2.79. The third kappa shape index (κ3) is 2.12. The predicted molar refractivity (Wildman–Crippen MR) is 78.1 cm³/mol. The van der Waals surface area contributed by atoms with Gasteiger partial charge in [0.05, 0.1) is 12.0 Å². The number of nitrogens with one attached hydrogen (secondary N) is 1. The molecule has 1 heterocycles. The molecule has 1 N–H and O–H groups in total. The number of fused-ring (bicyclic) bond motifs is 1. The zero-order chi connectivity index (χ0) is 12.9. The highest BCUT2D eigenvalue weighted by molar-refractivity contribution is 8.14. The Kier molecular flexibility index (Phi) is 2.90. The highest BCUT2D eigenvalue weighted by Gasteiger charge is 2.52. The first kappa shape index (κ1) is 12.2. The van der Waals surface area contributed by atoms with Crippen molar-refractivity contribution in [2.24, 2.45) is 28.2 Å². The lowest BCUT2D eigenvalue weighted by atomic mass is 9.58. The van der Waals surface area contributed by atoms with E-state index in [0.29, 0.717) is 5.91 Å². The van der Waals surface area contributed by atoms with Crippen LogP contribution >= 0.6 is 11.8 Å². The van der Waals surface area contributed by atoms with Gasteiger partial charge in [-0.3, -0.25) is 9.79 Å². The minimum absolute atomic E-state index is 0.0430. The van der Waals surface area contributed by atoms with Crippen molar-refractivity contribution < 1.29 is 4.79 Å². The number of hydrogen-bond donors (Lipinski definition) is 1. The third-order valence-corrected chi connectivity index (χ3v) is 6.53. The molecule has 2 atom stereocenters. The molecule has 4 aliphatic carbocycles. The predicted octanol–water partition coefficient (Wildman–Crippen LogP) is 2.81. The van der Waals surface area contributed by atoms with Crippen molar-refractivity contribution in [1.82, 2.24) is 5.32 Å². The first-order valence-electron chi connectivity index (χ1n) is 7.72. The maximum absolute atomic E-state index is 12.8. The molecule has 0 saturated heterocycles. The summed E-state index contributed by atoms with van der Waals surface area (Å²) in [5.74, 6) is 3.77. The summed E-state index contributed by atoms with van der Waals surface area (Å²) in [5.41, 5.74) is -0.0430. The van der Waals surface area contributed by atoms with Crippen molar-refractivity contribution in [3.05, 3.63) is 0 Å². The summed E-state index contributed by atoms with van der Waals surface area (Å²) in [6.07, 6.45) is 8.94. The van der Waals surface area contributed by atoms with Crippen LogP contribution in [-0.2, 0) is 4.79 Å². The molecular weight excluding hydrogens is 256 g/mol. The topological polar surface area (TPSA) is 41.5 Å². The molecule has 1 amide bonds. The van der Waals surface area contributed by atoms with Crippen LogP contribution in [0.15, 0.2) is 4.99 Å². The molecular formula is C15H22N2OS. The highest BCUT2D eigenvalue weighted by atomic mass is 32.2. The van der Waals surface area contributed by atoms with Gasteiger partial charge in [0.1, 0.15) is 0 Å². The molecule has 0 radical (unpaired) electrons. The van der Waals surface area contributed by atoms with E-state index in [1.807, 2.05) is 0 Å². The first-order valence-corrected chi connectivity index (χ1v) is 8.71. The lowest BCUT2D eigenvalue weighted by Gasteiger charge is -2.47. The quantitative estimate of drug-likeness (QED) is 0.801. The van der Waals surface area contributed by atoms with Crippen LogP contribution in [0.3, 0.4) is 0 Å². The van der Waals surface area contributed by atoms with Crippen LogP contribution in [0.2, 0.25) is 0 Å². The summed E-state index contributed by atoms with van der Waals surface area (Å²) in [6.45, 7) is 0.862. The molecule has 0 aromatic heterocycles. The molecule has 104 valence electrons. The second kappa shape index (κ2) is 4.51. The van der Waals surface area contributed by atoms with Crippen molar-refractivity contribution >= 4 is 22.8 Å². The largest absolute Gasteiger partial charge is 0.305 e. The van der Waals surface area contributed by atoms with Crippen molar-refractivity contribution in [3.8, 4) is 0 Å². The number of carbonyl (C=O) groups excluding carboxylic acids is 1. The van der Waals surface area contributed by atoms with Gasteiger partial charge in [0.25, 0.3) is 0 Å². The van der Waals surface area contributed by atoms with E-state index in [-0.39, 0.29) is 5.41 Å². The van der Waals surface area contributed by atoms with E-state index in [1.54, 1.807) is 11.8 Å². The lowest BCUT2D eigenvalue weighted by molar-refractivity contribution is -0.136. The van der Waals surface area contributed by atoms with Crippen molar-refractivity contribution in [2.45, 2.75) is 44.9 Å². The molecule has 5 aliphatic rings. The molecule has 0 spiro atoms. The van der Waals surface area contributed by atoms with Gasteiger partial charge >= 0.3 is 0 Å². The van der Waals surface area contributed by atoms with Crippen molar-refractivity contribution in [3.63, 3.8) is 0 Å². The van der Waals surface area contributed by atoms with Crippen molar-refractivity contribution in [1.29, 1.82) is 0 Å². The molecule has 4 saturated carbocycles. The smallest absolute Gasteiger partial charge is 0.232 e. The Labute approximate surface area is 119 Å². The Morgan fingerprint density at radius 2 is 1.84 bits per heavy atom. The minimum atomic E-state index is -0.0430. The second-order valence-electron chi connectivity index (χ2n) is 7.03. The fourth-order valence-electron chi connectivity index (χ4n) is 5.11. The van der Waals surface area contributed by atoms with Gasteiger partial charge in [-0.2, -0.15) is 0 Å². The summed E-state index contributed by atoms with van der Waals surface area (Å²) < 4.78 is 0. The zero-order valence-electron chi connectivity index (χ0n) is 11.4. The maximum Gasteiger partial charge on any atom is 0.232 e. The minimum Gasteiger partial charge on any atom is -0.305 e. The maximum atomic E-state index is 12.8. The molecule has 19 heavy (non-hydrogen) atoms. The number of carbonyl (C=O) groups is 1. The number of nitrogens with zero attached hydrogens (tertiary/aromatic N) is 1. The Morgan fingerprint density at radius 1 is 1.16 bits per heavy atom. The van der Waals surface area contributed by atoms with Crippen LogP contribution in [0.4, 0.5) is 0 Å². The SMILES string of the molecule is O=C(NC1=NCCS1)C12CC3C[C@H](CC[C@@H](C3)C1)C2. The van der Waals surface area contributed by atoms with Crippen LogP contribution in [0.25, 0.3) is 0 Å². The van der Waals surface area contributed by atoms with Gasteiger partial charge in [-0.25, -0.2) is 0 Å².